The summed E-state index contributed by atoms with van der Waals surface area (Å²) in [6.07, 6.45) is 1.90. The molecule has 0 aliphatic rings. The highest BCUT2D eigenvalue weighted by atomic mass is 79.9. The number of nitrogens with two attached hydrogens (primary N) is 1. The zero-order valence-electron chi connectivity index (χ0n) is 10.6. The van der Waals surface area contributed by atoms with E-state index in [2.05, 4.69) is 33.0 Å². The second-order valence-corrected chi connectivity index (χ2v) is 5.68. The Kier molecular flexibility index (Phi) is 4.96. The minimum Gasteiger partial charge on any atom is -0.339 e. The number of halogens is 2. The summed E-state index contributed by atoms with van der Waals surface area (Å²) in [5.41, 5.74) is 6.37. The van der Waals surface area contributed by atoms with Crippen molar-refractivity contribution in [3.05, 3.63) is 33.6 Å². The highest BCUT2D eigenvalue weighted by molar-refractivity contribution is 9.10. The van der Waals surface area contributed by atoms with Crippen molar-refractivity contribution in [2.24, 2.45) is 5.73 Å². The lowest BCUT2D eigenvalue weighted by molar-refractivity contribution is 0.352. The van der Waals surface area contributed by atoms with Crippen LogP contribution in [0.3, 0.4) is 0 Å². The van der Waals surface area contributed by atoms with Gasteiger partial charge in [0.05, 0.1) is 5.02 Å². The third kappa shape index (κ3) is 3.55. The van der Waals surface area contributed by atoms with E-state index in [1.165, 1.54) is 0 Å². The Morgan fingerprint density at radius 3 is 2.95 bits per heavy atom. The Balaban J connectivity index is 2.18. The lowest BCUT2D eigenvalue weighted by Gasteiger charge is -2.03. The summed E-state index contributed by atoms with van der Waals surface area (Å²) in [6, 6.07) is 5.54. The van der Waals surface area contributed by atoms with E-state index >= 15 is 0 Å². The van der Waals surface area contributed by atoms with Gasteiger partial charge < -0.3 is 10.3 Å². The molecule has 2 rings (SSSR count). The molecule has 0 spiro atoms. The van der Waals surface area contributed by atoms with Crippen LogP contribution in [0.2, 0.25) is 5.02 Å². The number of hydrogen-bond donors (Lipinski definition) is 1. The molecule has 2 aromatic rings. The van der Waals surface area contributed by atoms with Crippen molar-refractivity contribution in [1.29, 1.82) is 0 Å². The van der Waals surface area contributed by atoms with Crippen molar-refractivity contribution in [1.82, 2.24) is 10.1 Å². The van der Waals surface area contributed by atoms with E-state index in [0.717, 1.165) is 22.9 Å². The molecule has 0 saturated heterocycles. The summed E-state index contributed by atoms with van der Waals surface area (Å²) in [5.74, 6) is 1.45. The summed E-state index contributed by atoms with van der Waals surface area (Å²) in [7, 11) is 0. The SMILES string of the molecule is CC(CCCN)c1nc(-c2ccc(Cl)c(Br)c2)no1. The maximum absolute atomic E-state index is 5.96. The fourth-order valence-corrected chi connectivity index (χ4v) is 2.23. The number of nitrogens with zero attached hydrogens (tertiary/aromatic N) is 2. The second-order valence-electron chi connectivity index (χ2n) is 4.42. The normalized spacial score (nSPS) is 12.6. The highest BCUT2D eigenvalue weighted by Gasteiger charge is 2.15. The molecule has 0 aliphatic heterocycles. The maximum Gasteiger partial charge on any atom is 0.229 e. The Hall–Kier alpha value is -0.910. The predicted molar refractivity (Wildman–Crippen MR) is 79.1 cm³/mol. The Bertz CT molecular complexity index is 559. The van der Waals surface area contributed by atoms with Gasteiger partial charge >= 0.3 is 0 Å². The first kappa shape index (κ1) is 14.5. The first-order chi connectivity index (χ1) is 9.11. The van der Waals surface area contributed by atoms with Gasteiger partial charge in [0.15, 0.2) is 0 Å². The summed E-state index contributed by atoms with van der Waals surface area (Å²) in [4.78, 5) is 4.42. The van der Waals surface area contributed by atoms with E-state index in [-0.39, 0.29) is 5.92 Å². The van der Waals surface area contributed by atoms with Gasteiger partial charge in [0.25, 0.3) is 0 Å². The number of rotatable bonds is 5. The Morgan fingerprint density at radius 2 is 2.26 bits per heavy atom. The van der Waals surface area contributed by atoms with Crippen molar-refractivity contribution in [3.63, 3.8) is 0 Å². The lowest BCUT2D eigenvalue weighted by Crippen LogP contribution is -2.02. The van der Waals surface area contributed by atoms with Crippen molar-refractivity contribution in [2.75, 3.05) is 6.54 Å². The third-order valence-corrected chi connectivity index (χ3v) is 4.10. The van der Waals surface area contributed by atoms with Gasteiger partial charge in [0.1, 0.15) is 0 Å². The molecule has 4 nitrogen and oxygen atoms in total. The Morgan fingerprint density at radius 1 is 1.47 bits per heavy atom. The van der Waals surface area contributed by atoms with Crippen LogP contribution in [0.25, 0.3) is 11.4 Å². The van der Waals surface area contributed by atoms with Gasteiger partial charge in [-0.1, -0.05) is 23.7 Å². The molecular formula is C13H15BrClN3O. The Labute approximate surface area is 125 Å². The second kappa shape index (κ2) is 6.50. The fourth-order valence-electron chi connectivity index (χ4n) is 1.74. The topological polar surface area (TPSA) is 64.9 Å². The highest BCUT2D eigenvalue weighted by Crippen LogP contribution is 2.28. The molecule has 0 fully saturated rings. The average molecular weight is 345 g/mol. The molecule has 2 N–H and O–H groups in total. The molecule has 6 heteroatoms. The predicted octanol–water partition coefficient (Wildman–Crippen LogP) is 3.99. The van der Waals surface area contributed by atoms with Crippen LogP contribution in [0.4, 0.5) is 0 Å². The molecule has 19 heavy (non-hydrogen) atoms. The van der Waals surface area contributed by atoms with Gasteiger partial charge in [0.2, 0.25) is 11.7 Å². The largest absolute Gasteiger partial charge is 0.339 e. The monoisotopic (exact) mass is 343 g/mol. The standard InChI is InChI=1S/C13H15BrClN3O/c1-8(3-2-6-16)13-17-12(18-19-13)9-4-5-11(15)10(14)7-9/h4-5,7-8H,2-3,6,16H2,1H3. The van der Waals surface area contributed by atoms with Gasteiger partial charge in [-0.05, 0) is 53.5 Å². The van der Waals surface area contributed by atoms with Crippen LogP contribution < -0.4 is 5.73 Å². The summed E-state index contributed by atoms with van der Waals surface area (Å²) in [6.45, 7) is 2.74. The van der Waals surface area contributed by atoms with Crippen LogP contribution in [-0.2, 0) is 0 Å². The molecule has 0 amide bonds. The molecule has 1 atom stereocenters. The fraction of sp³-hybridized carbons (Fsp3) is 0.385. The first-order valence-corrected chi connectivity index (χ1v) is 7.28. The molecule has 0 aliphatic carbocycles. The van der Waals surface area contributed by atoms with Crippen LogP contribution in [0.15, 0.2) is 27.2 Å². The van der Waals surface area contributed by atoms with Gasteiger partial charge in [0, 0.05) is 16.0 Å². The zero-order chi connectivity index (χ0) is 13.8. The van der Waals surface area contributed by atoms with Crippen LogP contribution in [0.1, 0.15) is 31.6 Å². The maximum atomic E-state index is 5.96. The minimum absolute atomic E-state index is 0.223. The van der Waals surface area contributed by atoms with Crippen molar-refractivity contribution < 1.29 is 4.52 Å². The first-order valence-electron chi connectivity index (χ1n) is 6.11. The smallest absolute Gasteiger partial charge is 0.229 e. The molecule has 0 saturated carbocycles. The minimum atomic E-state index is 0.223. The van der Waals surface area contributed by atoms with Gasteiger partial charge in [-0.2, -0.15) is 4.98 Å². The molecule has 0 bridgehead atoms. The van der Waals surface area contributed by atoms with E-state index in [0.29, 0.717) is 23.3 Å². The van der Waals surface area contributed by atoms with Gasteiger partial charge in [-0.25, -0.2) is 0 Å². The molecule has 1 aromatic heterocycles. The number of aromatic nitrogens is 2. The van der Waals surface area contributed by atoms with Gasteiger partial charge in [-0.3, -0.25) is 0 Å². The van der Waals surface area contributed by atoms with E-state index < -0.39 is 0 Å². The zero-order valence-corrected chi connectivity index (χ0v) is 12.9. The summed E-state index contributed by atoms with van der Waals surface area (Å²) < 4.78 is 6.11. The van der Waals surface area contributed by atoms with Gasteiger partial charge in [-0.15, -0.1) is 0 Å². The third-order valence-electron chi connectivity index (χ3n) is 2.88. The molecule has 1 heterocycles. The molecule has 1 unspecified atom stereocenters. The van der Waals surface area contributed by atoms with Crippen molar-refractivity contribution in [2.45, 2.75) is 25.7 Å². The van der Waals surface area contributed by atoms with Crippen LogP contribution >= 0.6 is 27.5 Å². The van der Waals surface area contributed by atoms with E-state index in [1.807, 2.05) is 12.1 Å². The molecular weight excluding hydrogens is 330 g/mol. The van der Waals surface area contributed by atoms with Crippen LogP contribution in [0, 0.1) is 0 Å². The quantitative estimate of drug-likeness (QED) is 0.890. The lowest BCUT2D eigenvalue weighted by atomic mass is 10.1. The molecule has 102 valence electrons. The number of benzene rings is 1. The number of hydrogen-bond acceptors (Lipinski definition) is 4. The van der Waals surface area contributed by atoms with E-state index in [1.54, 1.807) is 6.07 Å². The molecule has 0 radical (unpaired) electrons. The van der Waals surface area contributed by atoms with Crippen LogP contribution in [-0.4, -0.2) is 16.7 Å². The van der Waals surface area contributed by atoms with Crippen molar-refractivity contribution in [3.8, 4) is 11.4 Å². The van der Waals surface area contributed by atoms with Crippen LogP contribution in [0.5, 0.6) is 0 Å². The average Bonchev–Trinajstić information content (AvgIpc) is 2.89. The van der Waals surface area contributed by atoms with E-state index in [4.69, 9.17) is 21.9 Å². The van der Waals surface area contributed by atoms with Crippen molar-refractivity contribution >= 4 is 27.5 Å². The summed E-state index contributed by atoms with van der Waals surface area (Å²) in [5, 5.41) is 4.66. The molecule has 1 aromatic carbocycles. The summed E-state index contributed by atoms with van der Waals surface area (Å²) >= 11 is 9.34. The van der Waals surface area contributed by atoms with E-state index in [9.17, 15) is 0 Å².